The third-order valence-corrected chi connectivity index (χ3v) is 5.26. The molecule has 2 bridgehead atoms. The van der Waals surface area contributed by atoms with Gasteiger partial charge in [-0.05, 0) is 52.1 Å². The maximum Gasteiger partial charge on any atom is 0.0220 e. The summed E-state index contributed by atoms with van der Waals surface area (Å²) in [5.41, 5.74) is 6.14. The average Bonchev–Trinajstić information content (AvgIpc) is 2.56. The molecule has 0 radical (unpaired) electrons. The van der Waals surface area contributed by atoms with Crippen molar-refractivity contribution in [1.29, 1.82) is 0 Å². The maximum atomic E-state index is 6.14. The molecule has 0 saturated carbocycles. The lowest BCUT2D eigenvalue weighted by molar-refractivity contribution is 0.0700. The lowest BCUT2D eigenvalue weighted by atomic mass is 9.95. The average molecular weight is 237 g/mol. The van der Waals surface area contributed by atoms with Crippen LogP contribution in [0.1, 0.15) is 44.9 Å². The van der Waals surface area contributed by atoms with Gasteiger partial charge in [-0.2, -0.15) is 0 Å². The Bertz CT molecular complexity index is 254. The predicted octanol–water partition coefficient (Wildman–Crippen LogP) is 1.42. The molecule has 3 atom stereocenters. The highest BCUT2D eigenvalue weighted by molar-refractivity contribution is 4.98. The molecule has 0 spiro atoms. The summed E-state index contributed by atoms with van der Waals surface area (Å²) in [7, 11) is 2.31. The Morgan fingerprint density at radius 2 is 1.76 bits per heavy atom. The minimum absolute atomic E-state index is 0.479. The van der Waals surface area contributed by atoms with Crippen LogP contribution in [0.4, 0.5) is 0 Å². The summed E-state index contributed by atoms with van der Waals surface area (Å²) in [5, 5.41) is 0. The van der Waals surface area contributed by atoms with E-state index < -0.39 is 0 Å². The van der Waals surface area contributed by atoms with Crippen LogP contribution in [0.15, 0.2) is 0 Å². The number of hydrogen-bond donors (Lipinski definition) is 1. The predicted molar refractivity (Wildman–Crippen MR) is 71.0 cm³/mol. The van der Waals surface area contributed by atoms with E-state index in [4.69, 9.17) is 5.73 Å². The van der Waals surface area contributed by atoms with E-state index in [9.17, 15) is 0 Å². The number of fused-ring (bicyclic) bond motifs is 2. The second-order valence-corrected chi connectivity index (χ2v) is 6.44. The molecule has 0 amide bonds. The highest BCUT2D eigenvalue weighted by Gasteiger charge is 2.40. The van der Waals surface area contributed by atoms with E-state index in [0.29, 0.717) is 6.04 Å². The summed E-state index contributed by atoms with van der Waals surface area (Å²) in [6.07, 6.45) is 9.50. The van der Waals surface area contributed by atoms with Crippen molar-refractivity contribution in [1.82, 2.24) is 9.80 Å². The molecule has 3 fully saturated rings. The quantitative estimate of drug-likeness (QED) is 0.788. The van der Waals surface area contributed by atoms with Crippen molar-refractivity contribution >= 4 is 0 Å². The molecule has 3 heterocycles. The fourth-order valence-electron chi connectivity index (χ4n) is 4.23. The van der Waals surface area contributed by atoms with Crippen LogP contribution in [-0.4, -0.2) is 54.1 Å². The maximum absolute atomic E-state index is 6.14. The summed E-state index contributed by atoms with van der Waals surface area (Å²) >= 11 is 0. The summed E-state index contributed by atoms with van der Waals surface area (Å²) in [4.78, 5) is 5.38. The van der Waals surface area contributed by atoms with Gasteiger partial charge >= 0.3 is 0 Å². The topological polar surface area (TPSA) is 32.5 Å². The van der Waals surface area contributed by atoms with Crippen LogP contribution in [0.25, 0.3) is 0 Å². The molecule has 17 heavy (non-hydrogen) atoms. The smallest absolute Gasteiger partial charge is 0.0220 e. The first kappa shape index (κ1) is 11.9. The van der Waals surface area contributed by atoms with Gasteiger partial charge in [0.1, 0.15) is 0 Å². The van der Waals surface area contributed by atoms with E-state index in [2.05, 4.69) is 16.8 Å². The highest BCUT2D eigenvalue weighted by Crippen LogP contribution is 2.35. The second-order valence-electron chi connectivity index (χ2n) is 6.44. The normalized spacial score (nSPS) is 44.1. The molecule has 3 aliphatic rings. The van der Waals surface area contributed by atoms with E-state index in [1.54, 1.807) is 0 Å². The van der Waals surface area contributed by atoms with Crippen molar-refractivity contribution in [2.45, 2.75) is 69.1 Å². The molecule has 3 saturated heterocycles. The lowest BCUT2D eigenvalue weighted by Crippen LogP contribution is -2.53. The lowest BCUT2D eigenvalue weighted by Gasteiger charge is -2.42. The van der Waals surface area contributed by atoms with Gasteiger partial charge in [0, 0.05) is 30.7 Å². The van der Waals surface area contributed by atoms with Gasteiger partial charge in [0.15, 0.2) is 0 Å². The van der Waals surface area contributed by atoms with Gasteiger partial charge in [0.05, 0.1) is 0 Å². The van der Waals surface area contributed by atoms with E-state index in [1.807, 2.05) is 0 Å². The van der Waals surface area contributed by atoms with Crippen molar-refractivity contribution in [3.8, 4) is 0 Å². The fraction of sp³-hybridized carbons (Fsp3) is 1.00. The molecule has 0 aromatic carbocycles. The Morgan fingerprint density at radius 3 is 2.41 bits per heavy atom. The van der Waals surface area contributed by atoms with Crippen LogP contribution in [0.5, 0.6) is 0 Å². The van der Waals surface area contributed by atoms with Crippen LogP contribution < -0.4 is 5.73 Å². The van der Waals surface area contributed by atoms with E-state index in [-0.39, 0.29) is 0 Å². The van der Waals surface area contributed by atoms with Crippen molar-refractivity contribution < 1.29 is 0 Å². The molecule has 0 aromatic rings. The van der Waals surface area contributed by atoms with Gasteiger partial charge in [0.25, 0.3) is 0 Å². The van der Waals surface area contributed by atoms with Gasteiger partial charge in [-0.15, -0.1) is 0 Å². The second kappa shape index (κ2) is 4.87. The van der Waals surface area contributed by atoms with Crippen molar-refractivity contribution in [2.75, 3.05) is 20.1 Å². The zero-order chi connectivity index (χ0) is 11.8. The third kappa shape index (κ3) is 2.38. The number of likely N-dealkylation sites (N-methyl/N-ethyl adjacent to an activating group) is 1. The summed E-state index contributed by atoms with van der Waals surface area (Å²) < 4.78 is 0. The number of nitrogens with two attached hydrogens (primary N) is 1. The Morgan fingerprint density at radius 1 is 1.06 bits per heavy atom. The van der Waals surface area contributed by atoms with Crippen molar-refractivity contribution in [3.63, 3.8) is 0 Å². The monoisotopic (exact) mass is 237 g/mol. The van der Waals surface area contributed by atoms with E-state index in [0.717, 1.165) is 18.1 Å². The van der Waals surface area contributed by atoms with Crippen LogP contribution in [-0.2, 0) is 0 Å². The molecule has 3 aliphatic heterocycles. The SMILES string of the molecule is CN1CCCCC1CN1C2CCC1CC(N)C2. The first-order valence-corrected chi connectivity index (χ1v) is 7.45. The molecule has 0 aromatic heterocycles. The number of hydrogen-bond acceptors (Lipinski definition) is 3. The van der Waals surface area contributed by atoms with Gasteiger partial charge in [-0.1, -0.05) is 6.42 Å². The van der Waals surface area contributed by atoms with Gasteiger partial charge < -0.3 is 10.6 Å². The van der Waals surface area contributed by atoms with E-state index >= 15 is 0 Å². The highest BCUT2D eigenvalue weighted by atomic mass is 15.3. The molecule has 98 valence electrons. The zero-order valence-corrected chi connectivity index (χ0v) is 11.1. The molecular weight excluding hydrogens is 210 g/mol. The number of likely N-dealkylation sites (tertiary alicyclic amines) is 1. The van der Waals surface area contributed by atoms with Crippen molar-refractivity contribution in [2.24, 2.45) is 5.73 Å². The Labute approximate surface area is 105 Å². The molecule has 0 aliphatic carbocycles. The Balaban J connectivity index is 1.61. The van der Waals surface area contributed by atoms with Crippen LogP contribution in [0.3, 0.4) is 0 Å². The third-order valence-electron chi connectivity index (χ3n) is 5.26. The number of nitrogens with zero attached hydrogens (tertiary/aromatic N) is 2. The minimum Gasteiger partial charge on any atom is -0.328 e. The first-order chi connectivity index (χ1) is 8.24. The molecule has 3 heteroatoms. The summed E-state index contributed by atoms with van der Waals surface area (Å²) in [6, 6.07) is 2.90. The molecule has 3 rings (SSSR count). The number of rotatable bonds is 2. The fourth-order valence-corrected chi connectivity index (χ4v) is 4.23. The molecular formula is C14H27N3. The Hall–Kier alpha value is -0.120. The molecule has 3 unspecified atom stereocenters. The molecule has 2 N–H and O–H groups in total. The van der Waals surface area contributed by atoms with Crippen LogP contribution >= 0.6 is 0 Å². The van der Waals surface area contributed by atoms with Crippen LogP contribution in [0, 0.1) is 0 Å². The van der Waals surface area contributed by atoms with Gasteiger partial charge in [-0.3, -0.25) is 4.90 Å². The standard InChI is InChI=1S/C14H27N3/c1-16-7-3-2-4-14(16)10-17-12-5-6-13(17)9-11(15)8-12/h11-14H,2-10,15H2,1H3. The van der Waals surface area contributed by atoms with E-state index in [1.165, 1.54) is 58.0 Å². The zero-order valence-electron chi connectivity index (χ0n) is 11.1. The number of piperidine rings is 2. The van der Waals surface area contributed by atoms with Gasteiger partial charge in [-0.25, -0.2) is 0 Å². The van der Waals surface area contributed by atoms with Crippen molar-refractivity contribution in [3.05, 3.63) is 0 Å². The first-order valence-electron chi connectivity index (χ1n) is 7.45. The van der Waals surface area contributed by atoms with Gasteiger partial charge in [0.2, 0.25) is 0 Å². The summed E-state index contributed by atoms with van der Waals surface area (Å²) in [5.74, 6) is 0. The minimum atomic E-state index is 0.479. The summed E-state index contributed by atoms with van der Waals surface area (Å²) in [6.45, 7) is 2.60. The largest absolute Gasteiger partial charge is 0.328 e. The molecule has 3 nitrogen and oxygen atoms in total. The van der Waals surface area contributed by atoms with Crippen LogP contribution in [0.2, 0.25) is 0 Å². The Kier molecular flexibility index (Phi) is 3.42.